The van der Waals surface area contributed by atoms with E-state index in [1.54, 1.807) is 28.7 Å². The second-order valence-corrected chi connectivity index (χ2v) is 18.1. The number of methoxy groups -OCH3 is 1. The molecule has 10 rings (SSSR count). The van der Waals surface area contributed by atoms with Gasteiger partial charge < -0.3 is 9.84 Å². The predicted octanol–water partition coefficient (Wildman–Crippen LogP) is 14.4. The van der Waals surface area contributed by atoms with Crippen molar-refractivity contribution < 1.29 is 14.6 Å². The van der Waals surface area contributed by atoms with Gasteiger partial charge in [-0.2, -0.15) is 0 Å². The highest BCUT2D eigenvalue weighted by molar-refractivity contribution is 7.23. The lowest BCUT2D eigenvalue weighted by Gasteiger charge is -2.21. The van der Waals surface area contributed by atoms with E-state index in [2.05, 4.69) is 117 Å². The lowest BCUT2D eigenvalue weighted by atomic mass is 9.81. The summed E-state index contributed by atoms with van der Waals surface area (Å²) in [5.41, 5.74) is 7.35. The third kappa shape index (κ3) is 7.10. The zero-order chi connectivity index (χ0) is 39.0. The number of ether oxygens (including phenoxy) is 1. The SMILES string of the molecule is CC(C)(O)c1ccccc1-c1cc2ccccc2s1.CC1(C)c2ccccc2-c2sc3ccccc3c21.COC(=O)c1ccccc1-c1cc2ccccc2s1. The summed E-state index contributed by atoms with van der Waals surface area (Å²) in [6.45, 7) is 8.35. The molecule has 3 nitrogen and oxygen atoms in total. The van der Waals surface area contributed by atoms with Gasteiger partial charge in [0.2, 0.25) is 0 Å². The van der Waals surface area contributed by atoms with E-state index in [1.165, 1.54) is 63.8 Å². The third-order valence-corrected chi connectivity index (χ3v) is 13.9. The van der Waals surface area contributed by atoms with E-state index in [0.717, 1.165) is 21.6 Å². The maximum Gasteiger partial charge on any atom is 0.338 e. The number of fused-ring (bicyclic) bond motifs is 7. The molecule has 278 valence electrons. The van der Waals surface area contributed by atoms with Crippen LogP contribution in [0.15, 0.2) is 158 Å². The van der Waals surface area contributed by atoms with Crippen molar-refractivity contribution in [2.45, 2.75) is 38.7 Å². The van der Waals surface area contributed by atoms with Gasteiger partial charge in [0.1, 0.15) is 0 Å². The molecule has 0 bridgehead atoms. The van der Waals surface area contributed by atoms with Crippen molar-refractivity contribution in [2.24, 2.45) is 0 Å². The van der Waals surface area contributed by atoms with Crippen LogP contribution >= 0.6 is 34.0 Å². The van der Waals surface area contributed by atoms with Crippen molar-refractivity contribution in [2.75, 3.05) is 7.11 Å². The van der Waals surface area contributed by atoms with Gasteiger partial charge in [-0.15, -0.1) is 34.0 Å². The highest BCUT2D eigenvalue weighted by Crippen LogP contribution is 2.55. The molecule has 0 saturated carbocycles. The van der Waals surface area contributed by atoms with E-state index in [4.69, 9.17) is 4.74 Å². The fourth-order valence-electron chi connectivity index (χ4n) is 7.66. The maximum atomic E-state index is 11.8. The number of hydrogen-bond donors (Lipinski definition) is 1. The first-order chi connectivity index (χ1) is 27.0. The molecule has 3 heterocycles. The largest absolute Gasteiger partial charge is 0.465 e. The van der Waals surface area contributed by atoms with Gasteiger partial charge in [-0.1, -0.05) is 135 Å². The van der Waals surface area contributed by atoms with Crippen molar-refractivity contribution in [3.8, 4) is 31.3 Å². The molecule has 1 aliphatic carbocycles. The summed E-state index contributed by atoms with van der Waals surface area (Å²) in [6, 6.07) is 54.1. The molecule has 0 unspecified atom stereocenters. The molecule has 0 amide bonds. The molecule has 1 aliphatic rings. The van der Waals surface area contributed by atoms with Gasteiger partial charge in [-0.25, -0.2) is 4.79 Å². The molecule has 0 fully saturated rings. The number of thiophene rings is 3. The first-order valence-corrected chi connectivity index (χ1v) is 21.1. The molecule has 0 aliphatic heterocycles. The minimum Gasteiger partial charge on any atom is -0.465 e. The second-order valence-electron chi connectivity index (χ2n) is 14.9. The Bertz CT molecular complexity index is 2780. The van der Waals surface area contributed by atoms with E-state index in [9.17, 15) is 9.90 Å². The first-order valence-electron chi connectivity index (χ1n) is 18.6. The summed E-state index contributed by atoms with van der Waals surface area (Å²) in [6.07, 6.45) is 0. The van der Waals surface area contributed by atoms with Crippen LogP contribution in [0.5, 0.6) is 0 Å². The number of carbonyl (C=O) groups excluding carboxylic acids is 1. The van der Waals surface area contributed by atoms with E-state index in [0.29, 0.717) is 5.56 Å². The molecule has 0 spiro atoms. The van der Waals surface area contributed by atoms with Gasteiger partial charge in [-0.3, -0.25) is 0 Å². The summed E-state index contributed by atoms with van der Waals surface area (Å²) in [7, 11) is 1.41. The molecular formula is C50H42O3S3. The van der Waals surface area contributed by atoms with Crippen LogP contribution in [-0.2, 0) is 15.8 Å². The highest BCUT2D eigenvalue weighted by atomic mass is 32.1. The lowest BCUT2D eigenvalue weighted by Crippen LogP contribution is -2.16. The second kappa shape index (κ2) is 15.3. The highest BCUT2D eigenvalue weighted by Gasteiger charge is 2.38. The monoisotopic (exact) mass is 786 g/mol. The minimum atomic E-state index is -0.827. The van der Waals surface area contributed by atoms with E-state index < -0.39 is 5.60 Å². The molecular weight excluding hydrogens is 745 g/mol. The summed E-state index contributed by atoms with van der Waals surface area (Å²) in [4.78, 5) is 15.6. The smallest absolute Gasteiger partial charge is 0.338 e. The van der Waals surface area contributed by atoms with Gasteiger partial charge in [0.05, 0.1) is 18.3 Å². The van der Waals surface area contributed by atoms with Crippen molar-refractivity contribution in [1.29, 1.82) is 0 Å². The normalized spacial score (nSPS) is 12.7. The zero-order valence-corrected chi connectivity index (χ0v) is 34.4. The van der Waals surface area contributed by atoms with Crippen LogP contribution in [0.3, 0.4) is 0 Å². The fourth-order valence-corrected chi connectivity index (χ4v) is 11.3. The lowest BCUT2D eigenvalue weighted by molar-refractivity contribution is 0.0601. The van der Waals surface area contributed by atoms with Gasteiger partial charge in [-0.05, 0) is 94.2 Å². The third-order valence-electron chi connectivity index (χ3n) is 10.4. The Kier molecular flexibility index (Phi) is 10.2. The van der Waals surface area contributed by atoms with Gasteiger partial charge in [0.15, 0.2) is 0 Å². The number of rotatable bonds is 4. The average Bonchev–Trinajstić information content (AvgIpc) is 4.00. The summed E-state index contributed by atoms with van der Waals surface area (Å²) in [5.74, 6) is -0.298. The minimum absolute atomic E-state index is 0.130. The van der Waals surface area contributed by atoms with Crippen LogP contribution in [0.1, 0.15) is 54.7 Å². The maximum absolute atomic E-state index is 11.8. The molecule has 6 heteroatoms. The van der Waals surface area contributed by atoms with Crippen molar-refractivity contribution in [3.05, 3.63) is 180 Å². The molecule has 1 N–H and O–H groups in total. The van der Waals surface area contributed by atoms with Crippen LogP contribution in [0, 0.1) is 0 Å². The number of aliphatic hydroxyl groups is 1. The number of esters is 1. The van der Waals surface area contributed by atoms with Crippen LogP contribution in [0.2, 0.25) is 0 Å². The van der Waals surface area contributed by atoms with E-state index in [1.807, 2.05) is 73.7 Å². The van der Waals surface area contributed by atoms with Crippen molar-refractivity contribution >= 4 is 70.2 Å². The van der Waals surface area contributed by atoms with Crippen molar-refractivity contribution in [3.63, 3.8) is 0 Å². The average molecular weight is 787 g/mol. The van der Waals surface area contributed by atoms with Crippen LogP contribution in [0.25, 0.3) is 61.6 Å². The Morgan fingerprint density at radius 3 is 1.71 bits per heavy atom. The van der Waals surface area contributed by atoms with Gasteiger partial charge >= 0.3 is 5.97 Å². The van der Waals surface area contributed by atoms with Crippen LogP contribution in [-0.4, -0.2) is 18.2 Å². The fraction of sp³-hybridized carbons (Fsp3) is 0.140. The Hall–Kier alpha value is -5.37. The van der Waals surface area contributed by atoms with E-state index >= 15 is 0 Å². The number of hydrogen-bond acceptors (Lipinski definition) is 6. The topological polar surface area (TPSA) is 46.5 Å². The molecule has 6 aromatic carbocycles. The number of benzene rings is 6. The molecule has 0 atom stereocenters. The Morgan fingerprint density at radius 2 is 1.09 bits per heavy atom. The Balaban J connectivity index is 0.000000118. The molecule has 56 heavy (non-hydrogen) atoms. The van der Waals surface area contributed by atoms with E-state index in [-0.39, 0.29) is 11.4 Å². The summed E-state index contributed by atoms with van der Waals surface area (Å²) >= 11 is 5.39. The van der Waals surface area contributed by atoms with Crippen molar-refractivity contribution in [1.82, 2.24) is 0 Å². The summed E-state index contributed by atoms with van der Waals surface area (Å²) < 4.78 is 8.75. The quantitative estimate of drug-likeness (QED) is 0.181. The number of carbonyl (C=O) groups is 1. The molecule has 3 aromatic heterocycles. The van der Waals surface area contributed by atoms with Gasteiger partial charge in [0.25, 0.3) is 0 Å². The predicted molar refractivity (Wildman–Crippen MR) is 240 cm³/mol. The zero-order valence-electron chi connectivity index (χ0n) is 32.0. The standard InChI is InChI=1S/C17H16OS.C17H14S.C16H12O2S/c1-17(2,18)14-9-5-4-8-13(14)16-11-12-7-3-6-10-15(12)19-16;1-17(2)13-9-5-3-7-11(13)16-15(17)12-8-4-6-10-14(12)18-16;1-18-16(17)13-8-4-3-7-12(13)15-10-11-6-2-5-9-14(11)19-15/h3-11,18H,1-2H3;3-10H,1-2H3;2-10H,1H3. The molecule has 0 saturated heterocycles. The van der Waals surface area contributed by atoms with Crippen LogP contribution < -0.4 is 0 Å². The Labute approximate surface area is 340 Å². The van der Waals surface area contributed by atoms with Gasteiger partial charge in [0, 0.05) is 39.7 Å². The van der Waals surface area contributed by atoms with Crippen LogP contribution in [0.4, 0.5) is 0 Å². The Morgan fingerprint density at radius 1 is 0.589 bits per heavy atom. The molecule has 9 aromatic rings. The first kappa shape index (κ1) is 37.5. The molecule has 0 radical (unpaired) electrons. The summed E-state index contributed by atoms with van der Waals surface area (Å²) in [5, 5.41) is 14.2.